The number of thiazole rings is 1. The lowest BCUT2D eigenvalue weighted by Gasteiger charge is -2.06. The predicted molar refractivity (Wildman–Crippen MR) is 98.2 cm³/mol. The third-order valence-electron chi connectivity index (χ3n) is 3.68. The van der Waals surface area contributed by atoms with Crippen LogP contribution in [0.1, 0.15) is 21.7 Å². The molecule has 2 aromatic heterocycles. The molecule has 0 saturated heterocycles. The summed E-state index contributed by atoms with van der Waals surface area (Å²) in [5, 5.41) is 15.4. The quantitative estimate of drug-likeness (QED) is 0.530. The number of nitrogens with one attached hydrogen (secondary N) is 1. The molecule has 8 nitrogen and oxygen atoms in total. The van der Waals surface area contributed by atoms with Crippen LogP contribution in [0.4, 0.5) is 5.69 Å². The van der Waals surface area contributed by atoms with E-state index in [1.165, 1.54) is 33.9 Å². The van der Waals surface area contributed by atoms with Gasteiger partial charge < -0.3 is 5.32 Å². The van der Waals surface area contributed by atoms with Crippen molar-refractivity contribution in [2.75, 3.05) is 6.54 Å². The second kappa shape index (κ2) is 7.22. The Hall–Kier alpha value is -2.78. The van der Waals surface area contributed by atoms with Gasteiger partial charge in [0.1, 0.15) is 5.02 Å². The van der Waals surface area contributed by atoms with Gasteiger partial charge >= 0.3 is 0 Å². The molecule has 3 rings (SSSR count). The van der Waals surface area contributed by atoms with E-state index in [4.69, 9.17) is 11.6 Å². The summed E-state index contributed by atoms with van der Waals surface area (Å²) < 4.78 is 1.51. The maximum absolute atomic E-state index is 12.2. The summed E-state index contributed by atoms with van der Waals surface area (Å²) in [6.07, 6.45) is 0.423. The highest BCUT2D eigenvalue weighted by atomic mass is 35.5. The summed E-state index contributed by atoms with van der Waals surface area (Å²) in [6.45, 7) is 2.02. The largest absolute Gasteiger partial charge is 0.352 e. The SMILES string of the molecule is Cc1cc(=O)n2c(CCNC(=O)c3ccc(Cl)c([N+](=O)[O-])c3)csc2n1. The van der Waals surface area contributed by atoms with Crippen molar-refractivity contribution < 1.29 is 9.72 Å². The van der Waals surface area contributed by atoms with Gasteiger partial charge in [-0.1, -0.05) is 11.6 Å². The number of benzene rings is 1. The molecule has 0 fully saturated rings. The van der Waals surface area contributed by atoms with Crippen molar-refractivity contribution in [3.63, 3.8) is 0 Å². The number of aromatic nitrogens is 2. The summed E-state index contributed by atoms with van der Waals surface area (Å²) in [6, 6.07) is 5.32. The Labute approximate surface area is 156 Å². The number of halogens is 1. The molecule has 1 N–H and O–H groups in total. The molecule has 1 amide bonds. The van der Waals surface area contributed by atoms with Crippen molar-refractivity contribution in [3.05, 3.63) is 72.1 Å². The van der Waals surface area contributed by atoms with Crippen molar-refractivity contribution in [2.45, 2.75) is 13.3 Å². The summed E-state index contributed by atoms with van der Waals surface area (Å²) in [4.78, 5) is 39.4. The Morgan fingerprint density at radius 3 is 2.92 bits per heavy atom. The number of fused-ring (bicyclic) bond motifs is 1. The number of aryl methyl sites for hydroxylation is 1. The first-order valence-corrected chi connectivity index (χ1v) is 8.81. The number of carbonyl (C=O) groups is 1. The number of rotatable bonds is 5. The second-order valence-corrected chi connectivity index (χ2v) is 6.75. The number of nitrogens with zero attached hydrogens (tertiary/aromatic N) is 3. The van der Waals surface area contributed by atoms with Crippen LogP contribution < -0.4 is 10.9 Å². The highest BCUT2D eigenvalue weighted by molar-refractivity contribution is 7.15. The molecule has 0 bridgehead atoms. The highest BCUT2D eigenvalue weighted by Gasteiger charge is 2.16. The van der Waals surface area contributed by atoms with E-state index in [1.54, 1.807) is 6.92 Å². The molecule has 0 spiro atoms. The Morgan fingerprint density at radius 2 is 2.19 bits per heavy atom. The number of amides is 1. The first-order valence-electron chi connectivity index (χ1n) is 7.56. The predicted octanol–water partition coefficient (Wildman–Crippen LogP) is 2.60. The van der Waals surface area contributed by atoms with E-state index in [2.05, 4.69) is 10.3 Å². The summed E-state index contributed by atoms with van der Waals surface area (Å²) in [7, 11) is 0. The molecule has 10 heteroatoms. The maximum Gasteiger partial charge on any atom is 0.288 e. The minimum atomic E-state index is -0.641. The first kappa shape index (κ1) is 18.0. The van der Waals surface area contributed by atoms with Gasteiger partial charge in [0.25, 0.3) is 17.2 Å². The maximum atomic E-state index is 12.2. The van der Waals surface area contributed by atoms with Crippen LogP contribution in [0.5, 0.6) is 0 Å². The molecule has 0 aliphatic rings. The average molecular weight is 393 g/mol. The zero-order valence-electron chi connectivity index (χ0n) is 13.6. The van der Waals surface area contributed by atoms with Gasteiger partial charge in [-0.25, -0.2) is 4.98 Å². The Morgan fingerprint density at radius 1 is 1.42 bits per heavy atom. The van der Waals surface area contributed by atoms with Crippen LogP contribution >= 0.6 is 22.9 Å². The van der Waals surface area contributed by atoms with Crippen molar-refractivity contribution >= 4 is 39.5 Å². The lowest BCUT2D eigenvalue weighted by atomic mass is 10.2. The van der Waals surface area contributed by atoms with Gasteiger partial charge in [-0.15, -0.1) is 11.3 Å². The van der Waals surface area contributed by atoms with E-state index >= 15 is 0 Å². The number of nitro benzene ring substituents is 1. The molecule has 0 saturated carbocycles. The van der Waals surface area contributed by atoms with E-state index in [0.717, 1.165) is 11.8 Å². The molecule has 0 atom stereocenters. The third-order valence-corrected chi connectivity index (χ3v) is 4.87. The number of hydrogen-bond donors (Lipinski definition) is 1. The van der Waals surface area contributed by atoms with Gasteiger partial charge in [0.2, 0.25) is 0 Å². The Balaban J connectivity index is 1.71. The van der Waals surface area contributed by atoms with Crippen LogP contribution in [0.2, 0.25) is 5.02 Å². The molecular weight excluding hydrogens is 380 g/mol. The lowest BCUT2D eigenvalue weighted by Crippen LogP contribution is -2.27. The summed E-state index contributed by atoms with van der Waals surface area (Å²) in [5.41, 5.74) is 1.05. The molecule has 3 aromatic rings. The standard InChI is InChI=1S/C16H13ClN4O4S/c1-9-6-14(22)20-11(8-26-16(20)19-9)4-5-18-15(23)10-2-3-12(17)13(7-10)21(24)25/h2-3,6-8H,4-5H2,1H3,(H,18,23). The molecule has 26 heavy (non-hydrogen) atoms. The van der Waals surface area contributed by atoms with E-state index in [0.29, 0.717) is 17.1 Å². The second-order valence-electron chi connectivity index (χ2n) is 5.51. The fraction of sp³-hybridized carbons (Fsp3) is 0.188. The lowest BCUT2D eigenvalue weighted by molar-refractivity contribution is -0.384. The van der Waals surface area contributed by atoms with Crippen LogP contribution in [-0.2, 0) is 6.42 Å². The zero-order chi connectivity index (χ0) is 18.8. The van der Waals surface area contributed by atoms with E-state index in [1.807, 2.05) is 5.38 Å². The Bertz CT molecular complexity index is 1080. The minimum Gasteiger partial charge on any atom is -0.352 e. The van der Waals surface area contributed by atoms with E-state index in [9.17, 15) is 19.7 Å². The smallest absolute Gasteiger partial charge is 0.288 e. The van der Waals surface area contributed by atoms with Gasteiger partial charge in [0.15, 0.2) is 4.96 Å². The fourth-order valence-electron chi connectivity index (χ4n) is 2.46. The van der Waals surface area contributed by atoms with E-state index < -0.39 is 10.8 Å². The monoisotopic (exact) mass is 392 g/mol. The van der Waals surface area contributed by atoms with Crippen LogP contribution in [0.25, 0.3) is 4.96 Å². The summed E-state index contributed by atoms with van der Waals surface area (Å²) >= 11 is 7.09. The van der Waals surface area contributed by atoms with E-state index in [-0.39, 0.29) is 28.4 Å². The van der Waals surface area contributed by atoms with Crippen LogP contribution in [0.15, 0.2) is 34.4 Å². The van der Waals surface area contributed by atoms with Gasteiger partial charge in [-0.3, -0.25) is 24.1 Å². The molecule has 0 aliphatic carbocycles. The van der Waals surface area contributed by atoms with Crippen molar-refractivity contribution in [2.24, 2.45) is 0 Å². The molecular formula is C16H13ClN4O4S. The molecule has 2 heterocycles. The van der Waals surface area contributed by atoms with Crippen LogP contribution in [0, 0.1) is 17.0 Å². The Kier molecular flexibility index (Phi) is 5.01. The first-order chi connectivity index (χ1) is 12.4. The highest BCUT2D eigenvalue weighted by Crippen LogP contribution is 2.25. The van der Waals surface area contributed by atoms with Gasteiger partial charge in [0, 0.05) is 47.4 Å². The molecule has 1 aromatic carbocycles. The molecule has 134 valence electrons. The minimum absolute atomic E-state index is 0.0292. The normalized spacial score (nSPS) is 10.8. The average Bonchev–Trinajstić information content (AvgIpc) is 2.98. The number of hydrogen-bond acceptors (Lipinski definition) is 6. The third kappa shape index (κ3) is 3.58. The fourth-order valence-corrected chi connectivity index (χ4v) is 3.62. The van der Waals surface area contributed by atoms with Crippen molar-refractivity contribution in [1.82, 2.24) is 14.7 Å². The van der Waals surface area contributed by atoms with Crippen LogP contribution in [-0.4, -0.2) is 26.8 Å². The van der Waals surface area contributed by atoms with Crippen molar-refractivity contribution in [3.8, 4) is 0 Å². The number of carbonyl (C=O) groups excluding carboxylic acids is 1. The van der Waals surface area contributed by atoms with Gasteiger partial charge in [-0.2, -0.15) is 0 Å². The molecule has 0 aliphatic heterocycles. The molecule has 0 unspecified atom stereocenters. The summed E-state index contributed by atoms with van der Waals surface area (Å²) in [5.74, 6) is -0.453. The number of nitro groups is 1. The topological polar surface area (TPSA) is 107 Å². The molecule has 0 radical (unpaired) electrons. The van der Waals surface area contributed by atoms with Gasteiger partial charge in [-0.05, 0) is 19.1 Å². The van der Waals surface area contributed by atoms with Crippen molar-refractivity contribution in [1.29, 1.82) is 0 Å². The van der Waals surface area contributed by atoms with Crippen LogP contribution in [0.3, 0.4) is 0 Å². The zero-order valence-corrected chi connectivity index (χ0v) is 15.1. The van der Waals surface area contributed by atoms with Gasteiger partial charge in [0.05, 0.1) is 4.92 Å².